The van der Waals surface area contributed by atoms with Crippen molar-refractivity contribution in [1.29, 1.82) is 0 Å². The van der Waals surface area contributed by atoms with Crippen molar-refractivity contribution in [3.63, 3.8) is 0 Å². The molecule has 0 aromatic heterocycles. The molecule has 0 saturated carbocycles. The first-order valence-electron chi connectivity index (χ1n) is 2.76. The van der Waals surface area contributed by atoms with Gasteiger partial charge in [0.2, 0.25) is 0 Å². The molecule has 0 saturated heterocycles. The zero-order valence-electron chi connectivity index (χ0n) is 5.22. The van der Waals surface area contributed by atoms with Gasteiger partial charge in [-0.2, -0.15) is 0 Å². The van der Waals surface area contributed by atoms with E-state index in [1.54, 1.807) is 0 Å². The van der Waals surface area contributed by atoms with Gasteiger partial charge in [-0.15, -0.1) is 11.6 Å². The Kier molecular flexibility index (Phi) is 4.44. The van der Waals surface area contributed by atoms with Crippen LogP contribution in [0.5, 0.6) is 0 Å². The normalized spacial score (nSPS) is 13.1. The molecule has 3 nitrogen and oxygen atoms in total. The predicted molar refractivity (Wildman–Crippen MR) is 35.6 cm³/mol. The minimum absolute atomic E-state index is 0.0675. The van der Waals surface area contributed by atoms with Crippen LogP contribution in [-0.4, -0.2) is 23.1 Å². The van der Waals surface area contributed by atoms with Crippen LogP contribution in [-0.2, 0) is 4.79 Å². The van der Waals surface area contributed by atoms with Gasteiger partial charge in [-0.3, -0.25) is 10.1 Å². The van der Waals surface area contributed by atoms with Crippen molar-refractivity contribution in [3.8, 4) is 0 Å². The molecule has 1 unspecified atom stereocenters. The van der Waals surface area contributed by atoms with Gasteiger partial charge in [-0.1, -0.05) is 6.92 Å². The standard InChI is InChI=1S/C5H10ClNO2/c1-2-4(6)7-3-5(8)9/h4,7H,2-3H2,1H3,(H,8,9). The van der Waals surface area contributed by atoms with E-state index in [9.17, 15) is 4.79 Å². The van der Waals surface area contributed by atoms with Crippen LogP contribution in [0.2, 0.25) is 0 Å². The average molecular weight is 152 g/mol. The van der Waals surface area contributed by atoms with E-state index in [4.69, 9.17) is 16.7 Å². The Morgan fingerprint density at radius 3 is 2.78 bits per heavy atom. The van der Waals surface area contributed by atoms with Crippen molar-refractivity contribution in [3.05, 3.63) is 0 Å². The van der Waals surface area contributed by atoms with Crippen molar-refractivity contribution < 1.29 is 9.90 Å². The third-order valence-electron chi connectivity index (χ3n) is 0.833. The van der Waals surface area contributed by atoms with Crippen molar-refractivity contribution in [2.24, 2.45) is 0 Å². The fourth-order valence-electron chi connectivity index (χ4n) is 0.342. The molecule has 0 heterocycles. The highest BCUT2D eigenvalue weighted by molar-refractivity contribution is 6.20. The maximum absolute atomic E-state index is 9.90. The molecular formula is C5H10ClNO2. The van der Waals surface area contributed by atoms with Gasteiger partial charge < -0.3 is 5.11 Å². The molecule has 0 aliphatic rings. The molecule has 0 aliphatic carbocycles. The zero-order chi connectivity index (χ0) is 7.28. The minimum Gasteiger partial charge on any atom is -0.480 e. The van der Waals surface area contributed by atoms with Gasteiger partial charge in [0.15, 0.2) is 0 Å². The van der Waals surface area contributed by atoms with E-state index in [2.05, 4.69) is 5.32 Å². The van der Waals surface area contributed by atoms with Crippen LogP contribution in [0, 0.1) is 0 Å². The van der Waals surface area contributed by atoms with E-state index in [0.29, 0.717) is 0 Å². The summed E-state index contributed by atoms with van der Waals surface area (Å²) in [4.78, 5) is 9.90. The number of carbonyl (C=O) groups is 1. The second-order valence-electron chi connectivity index (χ2n) is 1.65. The Hall–Kier alpha value is -0.280. The molecule has 0 fully saturated rings. The second kappa shape index (κ2) is 4.58. The first-order chi connectivity index (χ1) is 4.16. The Balaban J connectivity index is 3.16. The number of rotatable bonds is 4. The van der Waals surface area contributed by atoms with E-state index in [1.807, 2.05) is 6.92 Å². The van der Waals surface area contributed by atoms with E-state index in [0.717, 1.165) is 6.42 Å². The summed E-state index contributed by atoms with van der Waals surface area (Å²) in [5.41, 5.74) is -0.221. The minimum atomic E-state index is -0.880. The lowest BCUT2D eigenvalue weighted by molar-refractivity contribution is -0.136. The lowest BCUT2D eigenvalue weighted by Gasteiger charge is -2.04. The van der Waals surface area contributed by atoms with E-state index >= 15 is 0 Å². The van der Waals surface area contributed by atoms with Gasteiger partial charge >= 0.3 is 5.97 Å². The van der Waals surface area contributed by atoms with E-state index < -0.39 is 5.97 Å². The Morgan fingerprint density at radius 1 is 1.89 bits per heavy atom. The number of alkyl halides is 1. The molecule has 0 amide bonds. The number of hydrogen-bond donors (Lipinski definition) is 2. The van der Waals surface area contributed by atoms with Gasteiger partial charge in [0, 0.05) is 0 Å². The van der Waals surface area contributed by atoms with Crippen LogP contribution in [0.25, 0.3) is 0 Å². The Labute approximate surface area is 59.0 Å². The maximum atomic E-state index is 9.90. The molecule has 0 radical (unpaired) electrons. The van der Waals surface area contributed by atoms with Gasteiger partial charge in [0.1, 0.15) is 0 Å². The fourth-order valence-corrected chi connectivity index (χ4v) is 0.420. The fraction of sp³-hybridized carbons (Fsp3) is 0.800. The van der Waals surface area contributed by atoms with Crippen molar-refractivity contribution in [2.45, 2.75) is 18.8 Å². The lowest BCUT2D eigenvalue weighted by atomic mass is 10.4. The summed E-state index contributed by atoms with van der Waals surface area (Å²) in [5.74, 6) is -0.880. The highest BCUT2D eigenvalue weighted by atomic mass is 35.5. The second-order valence-corrected chi connectivity index (χ2v) is 2.18. The molecule has 0 spiro atoms. The third kappa shape index (κ3) is 5.59. The topological polar surface area (TPSA) is 49.3 Å². The van der Waals surface area contributed by atoms with Gasteiger partial charge in [0.05, 0.1) is 12.0 Å². The number of nitrogens with one attached hydrogen (secondary N) is 1. The maximum Gasteiger partial charge on any atom is 0.317 e. The Bertz CT molecular complexity index is 97.0. The summed E-state index contributed by atoms with van der Waals surface area (Å²) < 4.78 is 0. The van der Waals surface area contributed by atoms with Crippen molar-refractivity contribution in [1.82, 2.24) is 5.32 Å². The first-order valence-corrected chi connectivity index (χ1v) is 3.19. The molecule has 54 valence electrons. The summed E-state index contributed by atoms with van der Waals surface area (Å²) in [6.45, 7) is 1.81. The molecule has 2 N–H and O–H groups in total. The molecular weight excluding hydrogens is 142 g/mol. The number of aliphatic carboxylic acids is 1. The summed E-state index contributed by atoms with van der Waals surface area (Å²) >= 11 is 5.53. The summed E-state index contributed by atoms with van der Waals surface area (Å²) in [6.07, 6.45) is 0.731. The quantitative estimate of drug-likeness (QED) is 0.458. The lowest BCUT2D eigenvalue weighted by Crippen LogP contribution is -2.28. The van der Waals surface area contributed by atoms with Crippen LogP contribution in [0.15, 0.2) is 0 Å². The highest BCUT2D eigenvalue weighted by Gasteiger charge is 2.01. The molecule has 0 aromatic carbocycles. The number of halogens is 1. The Morgan fingerprint density at radius 2 is 2.44 bits per heavy atom. The summed E-state index contributed by atoms with van der Waals surface area (Å²) in [6, 6.07) is 0. The predicted octanol–water partition coefficient (Wildman–Crippen LogP) is 0.635. The van der Waals surface area contributed by atoms with Crippen LogP contribution in [0.3, 0.4) is 0 Å². The molecule has 0 rings (SSSR count). The number of carboxylic acid groups (broad SMARTS) is 1. The largest absolute Gasteiger partial charge is 0.480 e. The van der Waals surface area contributed by atoms with Crippen LogP contribution in [0.1, 0.15) is 13.3 Å². The SMILES string of the molecule is CCC(Cl)NCC(=O)O. The molecule has 0 bridgehead atoms. The molecule has 4 heteroatoms. The smallest absolute Gasteiger partial charge is 0.317 e. The molecule has 1 atom stereocenters. The average Bonchev–Trinajstić information content (AvgIpc) is 1.83. The van der Waals surface area contributed by atoms with E-state index in [-0.39, 0.29) is 12.0 Å². The van der Waals surface area contributed by atoms with Crippen LogP contribution >= 0.6 is 11.6 Å². The summed E-state index contributed by atoms with van der Waals surface area (Å²) in [7, 11) is 0. The third-order valence-corrected chi connectivity index (χ3v) is 1.30. The van der Waals surface area contributed by atoms with Gasteiger partial charge in [-0.05, 0) is 6.42 Å². The van der Waals surface area contributed by atoms with E-state index in [1.165, 1.54) is 0 Å². The molecule has 9 heavy (non-hydrogen) atoms. The van der Waals surface area contributed by atoms with Gasteiger partial charge in [-0.25, -0.2) is 0 Å². The zero-order valence-corrected chi connectivity index (χ0v) is 5.98. The number of carboxylic acids is 1. The first kappa shape index (κ1) is 8.72. The molecule has 0 aromatic rings. The van der Waals surface area contributed by atoms with Gasteiger partial charge in [0.25, 0.3) is 0 Å². The van der Waals surface area contributed by atoms with Crippen LogP contribution in [0.4, 0.5) is 0 Å². The monoisotopic (exact) mass is 151 g/mol. The highest BCUT2D eigenvalue weighted by Crippen LogP contribution is 1.93. The summed E-state index contributed by atoms with van der Waals surface area (Å²) in [5, 5.41) is 10.7. The van der Waals surface area contributed by atoms with Crippen LogP contribution < -0.4 is 5.32 Å². The number of hydrogen-bond acceptors (Lipinski definition) is 2. The van der Waals surface area contributed by atoms with Crippen molar-refractivity contribution in [2.75, 3.05) is 6.54 Å². The van der Waals surface area contributed by atoms with Crippen molar-refractivity contribution >= 4 is 17.6 Å². The molecule has 0 aliphatic heterocycles.